The molecule has 0 bridgehead atoms. The van der Waals surface area contributed by atoms with E-state index in [4.69, 9.17) is 0 Å². The molecule has 0 aliphatic carbocycles. The van der Waals surface area contributed by atoms with Crippen molar-refractivity contribution in [2.45, 2.75) is 44.7 Å². The van der Waals surface area contributed by atoms with Gasteiger partial charge in [0.2, 0.25) is 6.81 Å². The summed E-state index contributed by atoms with van der Waals surface area (Å²) >= 11 is 0. The van der Waals surface area contributed by atoms with E-state index < -0.39 is 0 Å². The van der Waals surface area contributed by atoms with Crippen LogP contribution in [-0.2, 0) is 0 Å². The number of rotatable bonds is 0. The van der Waals surface area contributed by atoms with Crippen LogP contribution in [0.1, 0.15) is 32.1 Å². The van der Waals surface area contributed by atoms with Crippen LogP contribution in [0.4, 0.5) is 0 Å². The van der Waals surface area contributed by atoms with Gasteiger partial charge in [-0.3, -0.25) is 0 Å². The summed E-state index contributed by atoms with van der Waals surface area (Å²) in [5.41, 5.74) is 0. The molecule has 0 radical (unpaired) electrons. The lowest BCUT2D eigenvalue weighted by atomic mass is 9.30. The maximum atomic E-state index is 9.34. The third kappa shape index (κ3) is 3.31. The summed E-state index contributed by atoms with van der Waals surface area (Å²) in [6.45, 7) is 0.0121. The molecule has 10 heavy (non-hydrogen) atoms. The Morgan fingerprint density at radius 2 is 1.70 bits per heavy atom. The first-order valence-electron chi connectivity index (χ1n) is 4.57. The highest BCUT2D eigenvalue weighted by Gasteiger charge is 2.11. The highest BCUT2D eigenvalue weighted by atomic mass is 16.2. The third-order valence-corrected chi connectivity index (χ3v) is 2.32. The van der Waals surface area contributed by atoms with Crippen LogP contribution in [0.15, 0.2) is 0 Å². The topological polar surface area (TPSA) is 20.2 Å². The molecule has 0 spiro atoms. The summed E-state index contributed by atoms with van der Waals surface area (Å²) in [4.78, 5) is 0. The summed E-state index contributed by atoms with van der Waals surface area (Å²) in [5.74, 6) is 0. The van der Waals surface area contributed by atoms with E-state index in [1.54, 1.807) is 0 Å². The van der Waals surface area contributed by atoms with Crippen molar-refractivity contribution in [3.63, 3.8) is 0 Å². The molecule has 1 fully saturated rings. The van der Waals surface area contributed by atoms with Crippen LogP contribution in [0.2, 0.25) is 12.6 Å². The molecular weight excluding hydrogens is 122 g/mol. The first-order valence-corrected chi connectivity index (χ1v) is 4.57. The molecule has 0 atom stereocenters. The standard InChI is InChI=1S/C7H16B2O/c10-9-7-5-3-1-2-4-6-8-9/h8,10H,1-7H2. The van der Waals surface area contributed by atoms with E-state index in [1.807, 2.05) is 0 Å². The zero-order valence-corrected chi connectivity index (χ0v) is 6.68. The second kappa shape index (κ2) is 4.84. The summed E-state index contributed by atoms with van der Waals surface area (Å²) in [7, 11) is 1.04. The molecule has 1 rings (SSSR count). The van der Waals surface area contributed by atoms with E-state index in [0.29, 0.717) is 0 Å². The van der Waals surface area contributed by atoms with E-state index in [1.165, 1.54) is 38.4 Å². The van der Waals surface area contributed by atoms with Crippen molar-refractivity contribution in [3.8, 4) is 0 Å². The molecule has 1 aliphatic heterocycles. The molecule has 0 aromatic heterocycles. The molecule has 1 N–H and O–H groups in total. The first-order chi connectivity index (χ1) is 4.89. The van der Waals surface area contributed by atoms with Crippen LogP contribution in [0.3, 0.4) is 0 Å². The minimum absolute atomic E-state index is 0.0121. The van der Waals surface area contributed by atoms with Gasteiger partial charge in [0.05, 0.1) is 0 Å². The highest BCUT2D eigenvalue weighted by Crippen LogP contribution is 2.11. The highest BCUT2D eigenvalue weighted by molar-refractivity contribution is 7.08. The number of hydrogen-bond donors (Lipinski definition) is 1. The van der Waals surface area contributed by atoms with E-state index in [-0.39, 0.29) is 6.81 Å². The summed E-state index contributed by atoms with van der Waals surface area (Å²) < 4.78 is 0. The Morgan fingerprint density at radius 1 is 1.00 bits per heavy atom. The minimum atomic E-state index is 0.0121. The SMILES string of the molecule is OB1BCCCCCCC1. The molecular formula is C7H16B2O. The van der Waals surface area contributed by atoms with E-state index >= 15 is 0 Å². The molecule has 3 heteroatoms. The minimum Gasteiger partial charge on any atom is -0.458 e. The van der Waals surface area contributed by atoms with Gasteiger partial charge in [-0.1, -0.05) is 44.7 Å². The Balaban J connectivity index is 2.15. The molecule has 1 saturated heterocycles. The van der Waals surface area contributed by atoms with E-state index in [2.05, 4.69) is 0 Å². The van der Waals surface area contributed by atoms with Crippen LogP contribution in [0.5, 0.6) is 0 Å². The van der Waals surface area contributed by atoms with Crippen LogP contribution in [0, 0.1) is 0 Å². The third-order valence-electron chi connectivity index (χ3n) is 2.32. The smallest absolute Gasteiger partial charge is 0.246 e. The van der Waals surface area contributed by atoms with Crippen LogP contribution >= 0.6 is 0 Å². The van der Waals surface area contributed by atoms with E-state index in [0.717, 1.165) is 13.5 Å². The van der Waals surface area contributed by atoms with Crippen molar-refractivity contribution in [1.82, 2.24) is 0 Å². The van der Waals surface area contributed by atoms with Gasteiger partial charge in [0.15, 0.2) is 0 Å². The second-order valence-corrected chi connectivity index (χ2v) is 3.35. The van der Waals surface area contributed by atoms with Gasteiger partial charge in [-0.15, -0.1) is 0 Å². The molecule has 0 aromatic carbocycles. The first kappa shape index (κ1) is 8.19. The molecule has 1 heterocycles. The van der Waals surface area contributed by atoms with E-state index in [9.17, 15) is 5.02 Å². The van der Waals surface area contributed by atoms with Gasteiger partial charge in [-0.2, -0.15) is 0 Å². The average molecular weight is 138 g/mol. The monoisotopic (exact) mass is 138 g/mol. The average Bonchev–Trinajstić information content (AvgIpc) is 2.02. The molecule has 0 amide bonds. The van der Waals surface area contributed by atoms with Crippen molar-refractivity contribution in [2.75, 3.05) is 0 Å². The Bertz CT molecular complexity index is 77.7. The van der Waals surface area contributed by atoms with Crippen molar-refractivity contribution in [2.24, 2.45) is 0 Å². The van der Waals surface area contributed by atoms with Crippen LogP contribution in [-0.4, -0.2) is 19.0 Å². The normalized spacial score (nSPS) is 22.3. The zero-order chi connectivity index (χ0) is 7.23. The van der Waals surface area contributed by atoms with Crippen molar-refractivity contribution >= 4 is 14.0 Å². The lowest BCUT2D eigenvalue weighted by Crippen LogP contribution is -2.20. The molecule has 56 valence electrons. The van der Waals surface area contributed by atoms with Gasteiger partial charge in [0.1, 0.15) is 7.17 Å². The fraction of sp³-hybridized carbons (Fsp3) is 1.00. The predicted molar refractivity (Wildman–Crippen MR) is 47.8 cm³/mol. The molecule has 0 unspecified atom stereocenters. The van der Waals surface area contributed by atoms with Crippen molar-refractivity contribution in [3.05, 3.63) is 0 Å². The lowest BCUT2D eigenvalue weighted by molar-refractivity contribution is 0.580. The van der Waals surface area contributed by atoms with Gasteiger partial charge < -0.3 is 5.02 Å². The zero-order valence-electron chi connectivity index (χ0n) is 6.68. The Morgan fingerprint density at radius 3 is 2.60 bits per heavy atom. The quantitative estimate of drug-likeness (QED) is 0.499. The lowest BCUT2D eigenvalue weighted by Gasteiger charge is -2.00. The van der Waals surface area contributed by atoms with Crippen molar-refractivity contribution in [1.29, 1.82) is 0 Å². The van der Waals surface area contributed by atoms with Gasteiger partial charge >= 0.3 is 0 Å². The Labute approximate surface area is 64.5 Å². The van der Waals surface area contributed by atoms with Crippen LogP contribution < -0.4 is 0 Å². The summed E-state index contributed by atoms with van der Waals surface area (Å²) in [6, 6.07) is 0. The molecule has 0 saturated carbocycles. The maximum absolute atomic E-state index is 9.34. The largest absolute Gasteiger partial charge is 0.458 e. The van der Waals surface area contributed by atoms with Crippen LogP contribution in [0.25, 0.3) is 0 Å². The molecule has 1 nitrogen and oxygen atoms in total. The number of hydrogen-bond acceptors (Lipinski definition) is 1. The second-order valence-electron chi connectivity index (χ2n) is 3.35. The fourth-order valence-corrected chi connectivity index (χ4v) is 1.61. The molecule has 0 aromatic rings. The van der Waals surface area contributed by atoms with Gasteiger partial charge in [-0.25, -0.2) is 0 Å². The predicted octanol–water partition coefficient (Wildman–Crippen LogP) is 1.29. The summed E-state index contributed by atoms with van der Waals surface area (Å²) in [6.07, 6.45) is 8.94. The van der Waals surface area contributed by atoms with Gasteiger partial charge in [0.25, 0.3) is 0 Å². The Kier molecular flexibility index (Phi) is 3.96. The molecule has 1 aliphatic rings. The fourth-order valence-electron chi connectivity index (χ4n) is 1.61. The van der Waals surface area contributed by atoms with Crippen molar-refractivity contribution < 1.29 is 5.02 Å². The van der Waals surface area contributed by atoms with Gasteiger partial charge in [0, 0.05) is 0 Å². The Hall–Kier alpha value is 0.0899. The van der Waals surface area contributed by atoms with Gasteiger partial charge in [-0.05, 0) is 0 Å². The maximum Gasteiger partial charge on any atom is 0.246 e. The summed E-state index contributed by atoms with van der Waals surface area (Å²) in [5, 5.41) is 9.34.